The molecule has 0 unspecified atom stereocenters. The highest BCUT2D eigenvalue weighted by atomic mass is 32.2. The second-order valence-electron chi connectivity index (χ2n) is 7.70. The molecule has 0 saturated heterocycles. The number of ether oxygens (including phenoxy) is 1. The van der Waals surface area contributed by atoms with Gasteiger partial charge < -0.3 is 10.1 Å². The number of rotatable bonds is 7. The third kappa shape index (κ3) is 6.26. The third-order valence-corrected chi connectivity index (χ3v) is 6.84. The molecular weight excluding hydrogens is 494 g/mol. The smallest absolute Gasteiger partial charge is 0.261 e. The average Bonchev–Trinajstić information content (AvgIpc) is 2.88. The van der Waals surface area contributed by atoms with Gasteiger partial charge in [0.15, 0.2) is 5.11 Å². The summed E-state index contributed by atoms with van der Waals surface area (Å²) in [6.45, 7) is 0. The standard InChI is InChI=1S/C27H23N3O4S2/c1-34-23-14-10-22(11-15-23)30-36(32,33)24-16-12-21(13-17-24)28-27(35)29-26(31)18-9-20-7-4-6-19-5-2-3-8-25(19)20/h2-18,30H,1H3,(H2,28,29,31,35). The molecule has 1 amide bonds. The molecule has 7 nitrogen and oxygen atoms in total. The van der Waals surface area contributed by atoms with E-state index in [0.717, 1.165) is 16.3 Å². The van der Waals surface area contributed by atoms with Crippen LogP contribution in [0.1, 0.15) is 5.56 Å². The van der Waals surface area contributed by atoms with Gasteiger partial charge in [0.2, 0.25) is 5.91 Å². The minimum atomic E-state index is -3.78. The van der Waals surface area contributed by atoms with E-state index in [1.165, 1.54) is 25.3 Å². The number of amides is 1. The predicted molar refractivity (Wildman–Crippen MR) is 148 cm³/mol. The first kappa shape index (κ1) is 24.9. The fraction of sp³-hybridized carbons (Fsp3) is 0.0370. The molecule has 0 heterocycles. The van der Waals surface area contributed by atoms with Crippen molar-refractivity contribution in [3.8, 4) is 5.75 Å². The topological polar surface area (TPSA) is 96.5 Å². The Kier molecular flexibility index (Phi) is 7.62. The molecular formula is C27H23N3O4S2. The van der Waals surface area contributed by atoms with Crippen molar-refractivity contribution in [3.05, 3.63) is 103 Å². The zero-order valence-corrected chi connectivity index (χ0v) is 20.9. The zero-order chi connectivity index (χ0) is 25.5. The minimum absolute atomic E-state index is 0.0804. The Labute approximate surface area is 214 Å². The van der Waals surface area contributed by atoms with Gasteiger partial charge >= 0.3 is 0 Å². The maximum Gasteiger partial charge on any atom is 0.261 e. The lowest BCUT2D eigenvalue weighted by atomic mass is 10.0. The molecule has 0 bridgehead atoms. The van der Waals surface area contributed by atoms with Crippen LogP contribution in [-0.4, -0.2) is 26.5 Å². The van der Waals surface area contributed by atoms with E-state index in [2.05, 4.69) is 15.4 Å². The van der Waals surface area contributed by atoms with Crippen molar-refractivity contribution in [2.45, 2.75) is 4.90 Å². The van der Waals surface area contributed by atoms with E-state index in [9.17, 15) is 13.2 Å². The highest BCUT2D eigenvalue weighted by Gasteiger charge is 2.14. The van der Waals surface area contributed by atoms with E-state index in [0.29, 0.717) is 17.1 Å². The lowest BCUT2D eigenvalue weighted by molar-refractivity contribution is -0.115. The summed E-state index contributed by atoms with van der Waals surface area (Å²) in [5, 5.41) is 7.69. The summed E-state index contributed by atoms with van der Waals surface area (Å²) in [4.78, 5) is 12.4. The van der Waals surface area contributed by atoms with E-state index in [1.54, 1.807) is 42.5 Å². The normalized spacial score (nSPS) is 11.2. The number of carbonyl (C=O) groups is 1. The second-order valence-corrected chi connectivity index (χ2v) is 9.79. The molecule has 9 heteroatoms. The van der Waals surface area contributed by atoms with Gasteiger partial charge in [0.05, 0.1) is 12.0 Å². The molecule has 0 saturated carbocycles. The molecule has 0 aliphatic heterocycles. The van der Waals surface area contributed by atoms with Crippen LogP contribution in [0.2, 0.25) is 0 Å². The van der Waals surface area contributed by atoms with Crippen LogP contribution in [0.4, 0.5) is 11.4 Å². The summed E-state index contributed by atoms with van der Waals surface area (Å²) in [6.07, 6.45) is 3.14. The van der Waals surface area contributed by atoms with Crippen LogP contribution < -0.4 is 20.1 Å². The molecule has 182 valence electrons. The van der Waals surface area contributed by atoms with Gasteiger partial charge in [0, 0.05) is 17.5 Å². The number of fused-ring (bicyclic) bond motifs is 1. The number of carbonyl (C=O) groups excluding carboxylic acids is 1. The van der Waals surface area contributed by atoms with E-state index in [-0.39, 0.29) is 15.9 Å². The molecule has 0 aromatic heterocycles. The van der Waals surface area contributed by atoms with Crippen LogP contribution in [0.15, 0.2) is 102 Å². The number of sulfonamides is 1. The van der Waals surface area contributed by atoms with Gasteiger partial charge in [-0.3, -0.25) is 14.8 Å². The monoisotopic (exact) mass is 517 g/mol. The first-order valence-corrected chi connectivity index (χ1v) is 12.8. The van der Waals surface area contributed by atoms with E-state index in [1.807, 2.05) is 42.5 Å². The Morgan fingerprint density at radius 2 is 1.53 bits per heavy atom. The zero-order valence-electron chi connectivity index (χ0n) is 19.3. The molecule has 0 aliphatic carbocycles. The number of anilines is 2. The molecule has 0 radical (unpaired) electrons. The van der Waals surface area contributed by atoms with E-state index < -0.39 is 10.0 Å². The van der Waals surface area contributed by atoms with Gasteiger partial charge in [-0.05, 0) is 83.2 Å². The Morgan fingerprint density at radius 3 is 2.25 bits per heavy atom. The fourth-order valence-corrected chi connectivity index (χ4v) is 4.74. The van der Waals surface area contributed by atoms with Crippen LogP contribution in [0.3, 0.4) is 0 Å². The SMILES string of the molecule is COc1ccc(NS(=O)(=O)c2ccc(NC(=S)NC(=O)C=Cc3cccc4ccccc34)cc2)cc1. The van der Waals surface area contributed by atoms with Gasteiger partial charge in [-0.1, -0.05) is 42.5 Å². The minimum Gasteiger partial charge on any atom is -0.497 e. The lowest BCUT2D eigenvalue weighted by Gasteiger charge is -2.11. The first-order valence-electron chi connectivity index (χ1n) is 10.9. The van der Waals surface area contributed by atoms with Crippen LogP contribution in [0, 0.1) is 0 Å². The number of benzene rings is 4. The molecule has 4 rings (SSSR count). The summed E-state index contributed by atoms with van der Waals surface area (Å²) < 4.78 is 32.9. The maximum atomic E-state index is 12.7. The summed E-state index contributed by atoms with van der Waals surface area (Å²) in [7, 11) is -2.24. The molecule has 4 aromatic rings. The van der Waals surface area contributed by atoms with Gasteiger partial charge in [0.1, 0.15) is 5.75 Å². The molecule has 0 spiro atoms. The van der Waals surface area contributed by atoms with Crippen molar-refractivity contribution in [1.29, 1.82) is 0 Å². The quantitative estimate of drug-likeness (QED) is 0.231. The van der Waals surface area contributed by atoms with Crippen molar-refractivity contribution in [1.82, 2.24) is 5.32 Å². The Hall–Kier alpha value is -4.21. The highest BCUT2D eigenvalue weighted by Crippen LogP contribution is 2.21. The Bertz CT molecular complexity index is 1530. The molecule has 0 fully saturated rings. The van der Waals surface area contributed by atoms with Crippen molar-refractivity contribution >= 4 is 61.5 Å². The van der Waals surface area contributed by atoms with Crippen molar-refractivity contribution in [2.75, 3.05) is 17.1 Å². The number of methoxy groups -OCH3 is 1. The molecule has 4 aromatic carbocycles. The maximum absolute atomic E-state index is 12.7. The van der Waals surface area contributed by atoms with E-state index >= 15 is 0 Å². The average molecular weight is 518 g/mol. The third-order valence-electron chi connectivity index (χ3n) is 5.24. The highest BCUT2D eigenvalue weighted by molar-refractivity contribution is 7.92. The summed E-state index contributed by atoms with van der Waals surface area (Å²) in [5.74, 6) is 0.240. The summed E-state index contributed by atoms with van der Waals surface area (Å²) in [6, 6.07) is 26.4. The van der Waals surface area contributed by atoms with Gasteiger partial charge in [-0.15, -0.1) is 0 Å². The molecule has 36 heavy (non-hydrogen) atoms. The van der Waals surface area contributed by atoms with Gasteiger partial charge in [-0.25, -0.2) is 8.42 Å². The predicted octanol–water partition coefficient (Wildman–Crippen LogP) is 5.18. The van der Waals surface area contributed by atoms with Crippen molar-refractivity contribution in [2.24, 2.45) is 0 Å². The number of hydrogen-bond acceptors (Lipinski definition) is 5. The van der Waals surface area contributed by atoms with E-state index in [4.69, 9.17) is 17.0 Å². The first-order chi connectivity index (χ1) is 17.3. The summed E-state index contributed by atoms with van der Waals surface area (Å²) >= 11 is 5.22. The molecule has 3 N–H and O–H groups in total. The van der Waals surface area contributed by atoms with Crippen LogP contribution in [0.25, 0.3) is 16.8 Å². The van der Waals surface area contributed by atoms with Gasteiger partial charge in [0.25, 0.3) is 10.0 Å². The van der Waals surface area contributed by atoms with Gasteiger partial charge in [-0.2, -0.15) is 0 Å². The number of thiocarbonyl (C=S) groups is 1. The molecule has 0 aliphatic rings. The van der Waals surface area contributed by atoms with Crippen LogP contribution in [-0.2, 0) is 14.8 Å². The summed E-state index contributed by atoms with van der Waals surface area (Å²) in [5.41, 5.74) is 1.86. The van der Waals surface area contributed by atoms with Crippen molar-refractivity contribution < 1.29 is 17.9 Å². The van der Waals surface area contributed by atoms with Crippen molar-refractivity contribution in [3.63, 3.8) is 0 Å². The fourth-order valence-electron chi connectivity index (χ4n) is 3.47. The number of hydrogen-bond donors (Lipinski definition) is 3. The van der Waals surface area contributed by atoms with Crippen LogP contribution in [0.5, 0.6) is 5.75 Å². The Morgan fingerprint density at radius 1 is 0.861 bits per heavy atom. The lowest BCUT2D eigenvalue weighted by Crippen LogP contribution is -2.32. The van der Waals surface area contributed by atoms with Crippen LogP contribution >= 0.6 is 12.2 Å². The molecule has 0 atom stereocenters. The largest absolute Gasteiger partial charge is 0.497 e. The Balaban J connectivity index is 1.34. The number of nitrogens with one attached hydrogen (secondary N) is 3. The second kappa shape index (κ2) is 11.0.